The van der Waals surface area contributed by atoms with Crippen molar-refractivity contribution in [3.63, 3.8) is 0 Å². The number of rotatable bonds is 3. The van der Waals surface area contributed by atoms with Gasteiger partial charge in [0.15, 0.2) is 0 Å². The van der Waals surface area contributed by atoms with Gasteiger partial charge in [0, 0.05) is 23.5 Å². The van der Waals surface area contributed by atoms with E-state index in [1.165, 1.54) is 10.4 Å². The lowest BCUT2D eigenvalue weighted by Crippen LogP contribution is -2.33. The maximum Gasteiger partial charge on any atom is 0.126 e. The predicted molar refractivity (Wildman–Crippen MR) is 61.3 cm³/mol. The fourth-order valence-electron chi connectivity index (χ4n) is 2.11. The van der Waals surface area contributed by atoms with E-state index in [4.69, 9.17) is 4.74 Å². The zero-order valence-corrected chi connectivity index (χ0v) is 9.81. The Morgan fingerprint density at radius 2 is 2.27 bits per heavy atom. The minimum Gasteiger partial charge on any atom is -0.381 e. The van der Waals surface area contributed by atoms with Gasteiger partial charge in [-0.25, -0.2) is 0 Å². The Labute approximate surface area is 94.3 Å². The zero-order chi connectivity index (χ0) is 10.7. The van der Waals surface area contributed by atoms with Crippen molar-refractivity contribution in [2.75, 3.05) is 13.2 Å². The summed E-state index contributed by atoms with van der Waals surface area (Å²) in [6, 6.07) is 2.19. The lowest BCUT2D eigenvalue weighted by molar-refractivity contribution is -0.121. The molecule has 1 aromatic rings. The van der Waals surface area contributed by atoms with Crippen molar-refractivity contribution >= 4 is 17.6 Å². The van der Waals surface area contributed by atoms with Crippen LogP contribution in [0.3, 0.4) is 0 Å². The van der Waals surface area contributed by atoms with Gasteiger partial charge in [0.1, 0.15) is 6.29 Å². The molecule has 0 atom stereocenters. The van der Waals surface area contributed by atoms with E-state index in [0.29, 0.717) is 0 Å². The van der Waals surface area contributed by atoms with Gasteiger partial charge in [0.2, 0.25) is 0 Å². The van der Waals surface area contributed by atoms with E-state index in [9.17, 15) is 4.79 Å². The topological polar surface area (TPSA) is 26.3 Å². The predicted octanol–water partition coefficient (Wildman–Crippen LogP) is 2.59. The molecule has 2 nitrogen and oxygen atoms in total. The normalized spacial score (nSPS) is 20.1. The highest BCUT2D eigenvalue weighted by Crippen LogP contribution is 2.33. The third kappa shape index (κ3) is 2.47. The lowest BCUT2D eigenvalue weighted by atomic mass is 9.77. The third-order valence-electron chi connectivity index (χ3n) is 3.08. The summed E-state index contributed by atoms with van der Waals surface area (Å²) in [4.78, 5) is 12.6. The molecule has 0 N–H and O–H groups in total. The third-order valence-corrected chi connectivity index (χ3v) is 3.99. The molecule has 2 heterocycles. The SMILES string of the molecule is Cc1cc(CC2(C=O)CCOCC2)cs1. The smallest absolute Gasteiger partial charge is 0.126 e. The van der Waals surface area contributed by atoms with Crippen molar-refractivity contribution in [3.8, 4) is 0 Å². The number of carbonyl (C=O) groups excluding carboxylic acids is 1. The van der Waals surface area contributed by atoms with Crippen LogP contribution >= 0.6 is 11.3 Å². The van der Waals surface area contributed by atoms with Crippen molar-refractivity contribution in [2.45, 2.75) is 26.2 Å². The van der Waals surface area contributed by atoms with Crippen LogP contribution in [-0.2, 0) is 16.0 Å². The maximum atomic E-state index is 11.2. The highest BCUT2D eigenvalue weighted by atomic mass is 32.1. The van der Waals surface area contributed by atoms with Gasteiger partial charge in [-0.1, -0.05) is 0 Å². The van der Waals surface area contributed by atoms with Crippen LogP contribution in [0.1, 0.15) is 23.3 Å². The standard InChI is InChI=1S/C12H16O2S/c1-10-6-11(8-15-10)7-12(9-13)2-4-14-5-3-12/h6,8-9H,2-5,7H2,1H3. The first-order valence-electron chi connectivity index (χ1n) is 5.32. The number of hydrogen-bond donors (Lipinski definition) is 0. The van der Waals surface area contributed by atoms with Gasteiger partial charge in [0.25, 0.3) is 0 Å². The first-order valence-corrected chi connectivity index (χ1v) is 6.20. The average Bonchev–Trinajstić information content (AvgIpc) is 2.65. The van der Waals surface area contributed by atoms with Crippen LogP contribution in [0.5, 0.6) is 0 Å². The number of hydrogen-bond acceptors (Lipinski definition) is 3. The van der Waals surface area contributed by atoms with Crippen molar-refractivity contribution in [3.05, 3.63) is 21.9 Å². The first kappa shape index (κ1) is 10.8. The van der Waals surface area contributed by atoms with E-state index in [2.05, 4.69) is 18.4 Å². The number of thiophene rings is 1. The zero-order valence-electron chi connectivity index (χ0n) is 8.99. The van der Waals surface area contributed by atoms with Gasteiger partial charge in [-0.2, -0.15) is 0 Å². The molecular formula is C12H16O2S. The van der Waals surface area contributed by atoms with Gasteiger partial charge < -0.3 is 9.53 Å². The van der Waals surface area contributed by atoms with Crippen LogP contribution in [0.25, 0.3) is 0 Å². The molecule has 15 heavy (non-hydrogen) atoms. The molecule has 2 rings (SSSR count). The van der Waals surface area contributed by atoms with Crippen LogP contribution in [0.4, 0.5) is 0 Å². The molecule has 0 unspecified atom stereocenters. The Morgan fingerprint density at radius 3 is 2.80 bits per heavy atom. The van der Waals surface area contributed by atoms with E-state index >= 15 is 0 Å². The number of aldehydes is 1. The van der Waals surface area contributed by atoms with E-state index in [-0.39, 0.29) is 5.41 Å². The van der Waals surface area contributed by atoms with E-state index in [1.807, 2.05) is 0 Å². The Hall–Kier alpha value is -0.670. The number of carbonyl (C=O) groups is 1. The summed E-state index contributed by atoms with van der Waals surface area (Å²) in [7, 11) is 0. The number of ether oxygens (including phenoxy) is 1. The van der Waals surface area contributed by atoms with Crippen molar-refractivity contribution in [1.82, 2.24) is 0 Å². The fourth-order valence-corrected chi connectivity index (χ4v) is 2.82. The van der Waals surface area contributed by atoms with Gasteiger partial charge in [-0.15, -0.1) is 11.3 Å². The fraction of sp³-hybridized carbons (Fsp3) is 0.583. The lowest BCUT2D eigenvalue weighted by Gasteiger charge is -2.31. The van der Waals surface area contributed by atoms with Crippen LogP contribution in [0, 0.1) is 12.3 Å². The molecule has 0 aromatic carbocycles. The highest BCUT2D eigenvalue weighted by Gasteiger charge is 2.32. The van der Waals surface area contributed by atoms with Gasteiger partial charge in [-0.05, 0) is 43.2 Å². The van der Waals surface area contributed by atoms with Crippen LogP contribution in [-0.4, -0.2) is 19.5 Å². The molecule has 1 aliphatic rings. The summed E-state index contributed by atoms with van der Waals surface area (Å²) in [6.45, 7) is 3.55. The second kappa shape index (κ2) is 4.45. The van der Waals surface area contributed by atoms with Crippen molar-refractivity contribution in [2.24, 2.45) is 5.41 Å². The van der Waals surface area contributed by atoms with Gasteiger partial charge >= 0.3 is 0 Å². The van der Waals surface area contributed by atoms with Gasteiger partial charge in [-0.3, -0.25) is 0 Å². The summed E-state index contributed by atoms with van der Waals surface area (Å²) in [5.74, 6) is 0. The first-order chi connectivity index (χ1) is 7.24. The largest absolute Gasteiger partial charge is 0.381 e. The van der Waals surface area contributed by atoms with Crippen LogP contribution < -0.4 is 0 Å². The highest BCUT2D eigenvalue weighted by molar-refractivity contribution is 7.10. The molecular weight excluding hydrogens is 208 g/mol. The molecule has 1 fully saturated rings. The van der Waals surface area contributed by atoms with E-state index in [0.717, 1.165) is 38.8 Å². The minimum absolute atomic E-state index is 0.161. The monoisotopic (exact) mass is 224 g/mol. The molecule has 0 saturated carbocycles. The summed E-state index contributed by atoms with van der Waals surface area (Å²) in [6.07, 6.45) is 3.75. The van der Waals surface area contributed by atoms with Crippen LogP contribution in [0.2, 0.25) is 0 Å². The molecule has 1 aliphatic heterocycles. The van der Waals surface area contributed by atoms with Gasteiger partial charge in [0.05, 0.1) is 0 Å². The summed E-state index contributed by atoms with van der Waals surface area (Å²) >= 11 is 1.75. The van der Waals surface area contributed by atoms with Crippen LogP contribution in [0.15, 0.2) is 11.4 Å². The minimum atomic E-state index is -0.161. The van der Waals surface area contributed by atoms with Crippen molar-refractivity contribution < 1.29 is 9.53 Å². The Balaban J connectivity index is 2.10. The molecule has 0 spiro atoms. The average molecular weight is 224 g/mol. The molecule has 0 bridgehead atoms. The van der Waals surface area contributed by atoms with Crippen molar-refractivity contribution in [1.29, 1.82) is 0 Å². The molecule has 1 aromatic heterocycles. The Bertz CT molecular complexity index is 337. The molecule has 3 heteroatoms. The summed E-state index contributed by atoms with van der Waals surface area (Å²) < 4.78 is 5.31. The summed E-state index contributed by atoms with van der Waals surface area (Å²) in [5.41, 5.74) is 1.14. The second-order valence-corrected chi connectivity index (χ2v) is 5.45. The Morgan fingerprint density at radius 1 is 1.53 bits per heavy atom. The van der Waals surface area contributed by atoms with E-state index in [1.54, 1.807) is 11.3 Å². The Kier molecular flexibility index (Phi) is 3.22. The summed E-state index contributed by atoms with van der Waals surface area (Å²) in [5, 5.41) is 2.16. The van der Waals surface area contributed by atoms with E-state index < -0.39 is 0 Å². The number of aryl methyl sites for hydroxylation is 1. The second-order valence-electron chi connectivity index (χ2n) is 4.33. The molecule has 82 valence electrons. The molecule has 0 amide bonds. The quantitative estimate of drug-likeness (QED) is 0.738. The molecule has 0 aliphatic carbocycles. The molecule has 0 radical (unpaired) electrons. The molecule has 1 saturated heterocycles. The maximum absolute atomic E-state index is 11.2.